The molecule has 0 aliphatic rings. The van der Waals surface area contributed by atoms with Gasteiger partial charge in [0.25, 0.3) is 0 Å². The van der Waals surface area contributed by atoms with E-state index in [1.807, 2.05) is 0 Å². The minimum atomic E-state index is -0.761. The van der Waals surface area contributed by atoms with Crippen LogP contribution in [0.25, 0.3) is 0 Å². The average molecular weight is 611 g/mol. The van der Waals surface area contributed by atoms with Crippen molar-refractivity contribution in [2.75, 3.05) is 13.2 Å². The molecule has 0 aromatic heterocycles. The summed E-state index contributed by atoms with van der Waals surface area (Å²) in [7, 11) is 0. The van der Waals surface area contributed by atoms with Crippen LogP contribution in [0.5, 0.6) is 0 Å². The van der Waals surface area contributed by atoms with Crippen LogP contribution >= 0.6 is 0 Å². The zero-order chi connectivity index (χ0) is 31.6. The van der Waals surface area contributed by atoms with Crippen LogP contribution in [0.1, 0.15) is 207 Å². The van der Waals surface area contributed by atoms with Crippen LogP contribution in [-0.2, 0) is 19.1 Å². The van der Waals surface area contributed by atoms with Crippen LogP contribution in [0.4, 0.5) is 0 Å². The van der Waals surface area contributed by atoms with Gasteiger partial charge >= 0.3 is 11.9 Å². The van der Waals surface area contributed by atoms with Crippen LogP contribution in [0.15, 0.2) is 0 Å². The minimum absolute atomic E-state index is 0.0580. The largest absolute Gasteiger partial charge is 0.462 e. The van der Waals surface area contributed by atoms with Crippen molar-refractivity contribution in [1.29, 1.82) is 0 Å². The zero-order valence-electron chi connectivity index (χ0n) is 29.2. The lowest BCUT2D eigenvalue weighted by Crippen LogP contribution is -2.28. The molecule has 2 atom stereocenters. The number of carbonyl (C=O) groups excluding carboxylic acids is 2. The number of esters is 2. The van der Waals surface area contributed by atoms with E-state index < -0.39 is 6.10 Å². The number of aliphatic hydroxyl groups is 1. The number of carbonyl (C=O) groups is 2. The minimum Gasteiger partial charge on any atom is -0.462 e. The van der Waals surface area contributed by atoms with Gasteiger partial charge in [0.1, 0.15) is 6.61 Å². The molecule has 0 saturated carbocycles. The Hall–Kier alpha value is -1.10. The molecule has 5 nitrogen and oxygen atoms in total. The quantitative estimate of drug-likeness (QED) is 0.0579. The molecule has 0 amide bonds. The van der Waals surface area contributed by atoms with Crippen LogP contribution in [0.3, 0.4) is 0 Å². The highest BCUT2D eigenvalue weighted by Gasteiger charge is 2.16. The second kappa shape index (κ2) is 33.8. The lowest BCUT2D eigenvalue weighted by atomic mass is 9.99. The topological polar surface area (TPSA) is 72.8 Å². The maximum atomic E-state index is 12.1. The van der Waals surface area contributed by atoms with E-state index in [4.69, 9.17) is 9.47 Å². The van der Waals surface area contributed by atoms with Crippen LogP contribution in [0, 0.1) is 5.92 Å². The summed E-state index contributed by atoms with van der Waals surface area (Å²) in [6, 6.07) is 0. The Labute approximate surface area is 268 Å². The summed E-state index contributed by atoms with van der Waals surface area (Å²) in [5.41, 5.74) is 0. The SMILES string of the molecule is CCCCCCCCCCCCCC(=O)O[C@@H](CO)COC(=O)CCCCCCCCCCCCCCCCC(C)CC. The predicted octanol–water partition coefficient (Wildman–Crippen LogP) is 11.4. The highest BCUT2D eigenvalue weighted by Crippen LogP contribution is 2.16. The third-order valence-corrected chi connectivity index (χ3v) is 8.94. The molecule has 5 heteroatoms. The average Bonchev–Trinajstić information content (AvgIpc) is 3.01. The van der Waals surface area contributed by atoms with Crippen molar-refractivity contribution in [2.45, 2.75) is 213 Å². The number of aliphatic hydroxyl groups excluding tert-OH is 1. The first kappa shape index (κ1) is 41.9. The standard InChI is InChI=1S/C38H74O5/c1-4-6-7-8-9-10-15-20-23-26-29-32-38(41)43-36(33-39)34-42-37(40)31-28-25-22-19-17-14-12-11-13-16-18-21-24-27-30-35(3)5-2/h35-36,39H,4-34H2,1-3H3/t35?,36-/m0/s1. The Morgan fingerprint density at radius 3 is 1.30 bits per heavy atom. The molecule has 0 rings (SSSR count). The second-order valence-electron chi connectivity index (χ2n) is 13.3. The number of hydrogen-bond acceptors (Lipinski definition) is 5. The van der Waals surface area contributed by atoms with Gasteiger partial charge in [-0.2, -0.15) is 0 Å². The molecule has 0 spiro atoms. The van der Waals surface area contributed by atoms with Gasteiger partial charge in [-0.25, -0.2) is 0 Å². The number of rotatable bonds is 34. The number of ether oxygens (including phenoxy) is 2. The van der Waals surface area contributed by atoms with Crippen molar-refractivity contribution in [1.82, 2.24) is 0 Å². The molecule has 0 aromatic carbocycles. The van der Waals surface area contributed by atoms with Gasteiger partial charge in [0.15, 0.2) is 6.10 Å². The Morgan fingerprint density at radius 2 is 0.907 bits per heavy atom. The first-order valence-corrected chi connectivity index (χ1v) is 19.0. The third-order valence-electron chi connectivity index (χ3n) is 8.94. The molecule has 0 fully saturated rings. The molecule has 0 saturated heterocycles. The lowest BCUT2D eigenvalue weighted by molar-refractivity contribution is -0.161. The van der Waals surface area contributed by atoms with E-state index in [1.165, 1.54) is 141 Å². The fraction of sp³-hybridized carbons (Fsp3) is 0.947. The molecule has 43 heavy (non-hydrogen) atoms. The molecule has 0 bridgehead atoms. The molecule has 0 radical (unpaired) electrons. The van der Waals surface area contributed by atoms with Crippen molar-refractivity contribution in [3.8, 4) is 0 Å². The van der Waals surface area contributed by atoms with Gasteiger partial charge in [-0.1, -0.05) is 181 Å². The molecular formula is C38H74O5. The zero-order valence-corrected chi connectivity index (χ0v) is 29.2. The van der Waals surface area contributed by atoms with Crippen molar-refractivity contribution in [3.05, 3.63) is 0 Å². The van der Waals surface area contributed by atoms with Crippen LogP contribution in [0.2, 0.25) is 0 Å². The first-order valence-electron chi connectivity index (χ1n) is 19.0. The first-order chi connectivity index (χ1) is 21.0. The molecule has 1 N–H and O–H groups in total. The highest BCUT2D eigenvalue weighted by molar-refractivity contribution is 5.70. The van der Waals surface area contributed by atoms with E-state index in [9.17, 15) is 14.7 Å². The second-order valence-corrected chi connectivity index (χ2v) is 13.3. The molecule has 0 aliphatic heterocycles. The molecule has 1 unspecified atom stereocenters. The maximum Gasteiger partial charge on any atom is 0.306 e. The highest BCUT2D eigenvalue weighted by atomic mass is 16.6. The van der Waals surface area contributed by atoms with Gasteiger partial charge in [-0.05, 0) is 18.8 Å². The monoisotopic (exact) mass is 611 g/mol. The lowest BCUT2D eigenvalue weighted by Gasteiger charge is -2.15. The molecular weight excluding hydrogens is 536 g/mol. The van der Waals surface area contributed by atoms with Crippen molar-refractivity contribution < 1.29 is 24.2 Å². The van der Waals surface area contributed by atoms with Gasteiger partial charge < -0.3 is 14.6 Å². The normalized spacial score (nSPS) is 12.7. The van der Waals surface area contributed by atoms with E-state index in [1.54, 1.807) is 0 Å². The summed E-state index contributed by atoms with van der Waals surface area (Å²) in [4.78, 5) is 24.2. The van der Waals surface area contributed by atoms with Crippen molar-refractivity contribution in [3.63, 3.8) is 0 Å². The van der Waals surface area contributed by atoms with Gasteiger partial charge in [0.2, 0.25) is 0 Å². The van der Waals surface area contributed by atoms with Gasteiger partial charge in [0, 0.05) is 12.8 Å². The fourth-order valence-corrected chi connectivity index (χ4v) is 5.65. The van der Waals surface area contributed by atoms with Crippen LogP contribution < -0.4 is 0 Å². The Bertz CT molecular complexity index is 593. The summed E-state index contributed by atoms with van der Waals surface area (Å²) < 4.78 is 10.6. The number of unbranched alkanes of at least 4 members (excludes halogenated alkanes) is 23. The molecule has 0 heterocycles. The van der Waals surface area contributed by atoms with Gasteiger partial charge in [-0.3, -0.25) is 9.59 Å². The van der Waals surface area contributed by atoms with E-state index in [2.05, 4.69) is 20.8 Å². The summed E-state index contributed by atoms with van der Waals surface area (Å²) in [5, 5.41) is 9.52. The summed E-state index contributed by atoms with van der Waals surface area (Å²) in [5.74, 6) is 0.323. The Morgan fingerprint density at radius 1 is 0.535 bits per heavy atom. The van der Waals surface area contributed by atoms with E-state index in [0.717, 1.165) is 38.0 Å². The molecule has 256 valence electrons. The summed E-state index contributed by atoms with van der Waals surface area (Å²) in [6.07, 6.45) is 34.4. The van der Waals surface area contributed by atoms with E-state index in [-0.39, 0.29) is 25.2 Å². The van der Waals surface area contributed by atoms with Crippen LogP contribution in [-0.4, -0.2) is 36.4 Å². The smallest absolute Gasteiger partial charge is 0.306 e. The number of hydrogen-bond donors (Lipinski definition) is 1. The van der Waals surface area contributed by atoms with Gasteiger partial charge in [0.05, 0.1) is 6.61 Å². The third kappa shape index (κ3) is 32.1. The Kier molecular flexibility index (Phi) is 32.9. The van der Waals surface area contributed by atoms with Crippen molar-refractivity contribution >= 4 is 11.9 Å². The van der Waals surface area contributed by atoms with E-state index in [0.29, 0.717) is 12.8 Å². The molecule has 0 aliphatic carbocycles. The summed E-state index contributed by atoms with van der Waals surface area (Å²) >= 11 is 0. The summed E-state index contributed by atoms with van der Waals surface area (Å²) in [6.45, 7) is 6.53. The maximum absolute atomic E-state index is 12.1. The predicted molar refractivity (Wildman–Crippen MR) is 182 cm³/mol. The van der Waals surface area contributed by atoms with Gasteiger partial charge in [-0.15, -0.1) is 0 Å². The molecule has 0 aromatic rings. The Balaban J connectivity index is 3.50. The fourth-order valence-electron chi connectivity index (χ4n) is 5.65. The van der Waals surface area contributed by atoms with Crippen molar-refractivity contribution in [2.24, 2.45) is 5.92 Å². The van der Waals surface area contributed by atoms with E-state index >= 15 is 0 Å².